The Morgan fingerprint density at radius 2 is 1.24 bits per heavy atom. The van der Waals surface area contributed by atoms with Crippen LogP contribution in [0, 0.1) is 0 Å². The lowest BCUT2D eigenvalue weighted by molar-refractivity contribution is 0.0760. The molecule has 3 N–H and O–H groups in total. The van der Waals surface area contributed by atoms with Crippen molar-refractivity contribution < 1.29 is 10.2 Å². The highest BCUT2D eigenvalue weighted by atomic mass is 16.3. The van der Waals surface area contributed by atoms with E-state index in [1.807, 2.05) is 18.2 Å². The van der Waals surface area contributed by atoms with Gasteiger partial charge in [0.1, 0.15) is 0 Å². The van der Waals surface area contributed by atoms with E-state index in [4.69, 9.17) is 0 Å². The minimum atomic E-state index is -0.487. The highest BCUT2D eigenvalue weighted by Gasteiger charge is 2.20. The maximum Gasteiger partial charge on any atom is 0.0715 e. The van der Waals surface area contributed by atoms with E-state index in [2.05, 4.69) is 31.3 Å². The molecule has 0 amide bonds. The Labute approximate surface area is 180 Å². The van der Waals surface area contributed by atoms with E-state index in [1.54, 1.807) is 0 Å². The largest absolute Gasteiger partial charge is 0.395 e. The molecule has 0 radical (unpaired) electrons. The highest BCUT2D eigenvalue weighted by Crippen LogP contribution is 2.16. The molecule has 0 unspecified atom stereocenters. The molecule has 0 fully saturated rings. The SMILES string of the molecule is CCCCCCCCCCCCCCC[C@H](O)[C@H](CO)N[C@H](C)c1ccccc1. The van der Waals surface area contributed by atoms with E-state index in [-0.39, 0.29) is 18.7 Å². The zero-order valence-electron chi connectivity index (χ0n) is 19.1. The van der Waals surface area contributed by atoms with Crippen LogP contribution in [0.2, 0.25) is 0 Å². The van der Waals surface area contributed by atoms with Gasteiger partial charge < -0.3 is 15.5 Å². The van der Waals surface area contributed by atoms with Gasteiger partial charge >= 0.3 is 0 Å². The molecule has 0 saturated heterocycles. The molecule has 0 aliphatic heterocycles. The zero-order chi connectivity index (χ0) is 21.2. The Morgan fingerprint density at radius 1 is 0.759 bits per heavy atom. The molecule has 0 spiro atoms. The molecule has 0 saturated carbocycles. The van der Waals surface area contributed by atoms with Gasteiger partial charge in [-0.1, -0.05) is 121 Å². The molecular weight excluding hydrogens is 358 g/mol. The monoisotopic (exact) mass is 405 g/mol. The summed E-state index contributed by atoms with van der Waals surface area (Å²) in [6.07, 6.45) is 17.6. The van der Waals surface area contributed by atoms with E-state index in [0.29, 0.717) is 0 Å². The summed E-state index contributed by atoms with van der Waals surface area (Å²) < 4.78 is 0. The summed E-state index contributed by atoms with van der Waals surface area (Å²) in [5, 5.41) is 23.5. The lowest BCUT2D eigenvalue weighted by Gasteiger charge is -2.26. The molecule has 3 atom stereocenters. The van der Waals surface area contributed by atoms with Gasteiger partial charge in [-0.05, 0) is 18.9 Å². The van der Waals surface area contributed by atoms with Crippen molar-refractivity contribution in [1.82, 2.24) is 5.32 Å². The molecule has 0 aromatic heterocycles. The Kier molecular flexibility index (Phi) is 16.1. The third kappa shape index (κ3) is 13.1. The van der Waals surface area contributed by atoms with E-state index in [0.717, 1.165) is 12.8 Å². The molecule has 168 valence electrons. The van der Waals surface area contributed by atoms with Crippen LogP contribution in [0.4, 0.5) is 0 Å². The molecule has 1 rings (SSSR count). The topological polar surface area (TPSA) is 52.5 Å². The second-order valence-corrected chi connectivity index (χ2v) is 8.69. The van der Waals surface area contributed by atoms with Gasteiger partial charge in [0.15, 0.2) is 0 Å². The number of hydrogen-bond donors (Lipinski definition) is 3. The fraction of sp³-hybridized carbons (Fsp3) is 0.769. The van der Waals surface area contributed by atoms with Crippen molar-refractivity contribution in [1.29, 1.82) is 0 Å². The van der Waals surface area contributed by atoms with Crippen molar-refractivity contribution in [3.05, 3.63) is 35.9 Å². The van der Waals surface area contributed by atoms with Gasteiger partial charge in [-0.25, -0.2) is 0 Å². The Hall–Kier alpha value is -0.900. The maximum absolute atomic E-state index is 10.5. The van der Waals surface area contributed by atoms with E-state index in [1.165, 1.54) is 82.6 Å². The van der Waals surface area contributed by atoms with Crippen molar-refractivity contribution in [2.24, 2.45) is 0 Å². The first-order chi connectivity index (χ1) is 14.2. The van der Waals surface area contributed by atoms with Gasteiger partial charge in [0.25, 0.3) is 0 Å². The lowest BCUT2D eigenvalue weighted by atomic mass is 10.0. The van der Waals surface area contributed by atoms with Crippen LogP contribution in [-0.4, -0.2) is 29.0 Å². The lowest BCUT2D eigenvalue weighted by Crippen LogP contribution is -2.43. The molecule has 0 bridgehead atoms. The summed E-state index contributed by atoms with van der Waals surface area (Å²) in [5.41, 5.74) is 1.18. The third-order valence-corrected chi connectivity index (χ3v) is 6.03. The number of unbranched alkanes of at least 4 members (excludes halogenated alkanes) is 12. The molecular formula is C26H47NO2. The molecule has 29 heavy (non-hydrogen) atoms. The smallest absolute Gasteiger partial charge is 0.0715 e. The summed E-state index contributed by atoms with van der Waals surface area (Å²) in [7, 11) is 0. The van der Waals surface area contributed by atoms with Crippen molar-refractivity contribution >= 4 is 0 Å². The highest BCUT2D eigenvalue weighted by molar-refractivity contribution is 5.18. The van der Waals surface area contributed by atoms with Crippen LogP contribution in [0.25, 0.3) is 0 Å². The first-order valence-electron chi connectivity index (χ1n) is 12.3. The summed E-state index contributed by atoms with van der Waals surface area (Å²) in [6, 6.07) is 10.0. The van der Waals surface area contributed by atoms with Crippen LogP contribution < -0.4 is 5.32 Å². The minimum Gasteiger partial charge on any atom is -0.395 e. The zero-order valence-corrected chi connectivity index (χ0v) is 19.1. The number of hydrogen-bond acceptors (Lipinski definition) is 3. The fourth-order valence-electron chi connectivity index (χ4n) is 4.02. The summed E-state index contributed by atoms with van der Waals surface area (Å²) in [6.45, 7) is 4.32. The van der Waals surface area contributed by atoms with Crippen molar-refractivity contribution in [2.75, 3.05) is 6.61 Å². The van der Waals surface area contributed by atoms with Crippen molar-refractivity contribution in [3.63, 3.8) is 0 Å². The van der Waals surface area contributed by atoms with Crippen molar-refractivity contribution in [3.8, 4) is 0 Å². The molecule has 1 aromatic rings. The summed E-state index contributed by atoms with van der Waals surface area (Å²) in [5.74, 6) is 0. The number of aliphatic hydroxyl groups excluding tert-OH is 2. The molecule has 3 heteroatoms. The number of rotatable bonds is 19. The van der Waals surface area contributed by atoms with Crippen LogP contribution >= 0.6 is 0 Å². The standard InChI is InChI=1S/C26H47NO2/c1-3-4-5-6-7-8-9-10-11-12-13-14-18-21-26(29)25(22-28)27-23(2)24-19-16-15-17-20-24/h15-17,19-20,23,25-29H,3-14,18,21-22H2,1-2H3/t23-,25+,26+/m1/s1. The second kappa shape index (κ2) is 17.9. The third-order valence-electron chi connectivity index (χ3n) is 6.03. The van der Waals surface area contributed by atoms with Gasteiger partial charge in [-0.2, -0.15) is 0 Å². The number of benzene rings is 1. The molecule has 3 nitrogen and oxygen atoms in total. The average Bonchev–Trinajstić information content (AvgIpc) is 2.75. The van der Waals surface area contributed by atoms with Gasteiger partial charge in [-0.15, -0.1) is 0 Å². The normalized spacial score (nSPS) is 14.6. The van der Waals surface area contributed by atoms with E-state index >= 15 is 0 Å². The Balaban J connectivity index is 2.01. The summed E-state index contributed by atoms with van der Waals surface area (Å²) >= 11 is 0. The molecule has 0 aliphatic rings. The maximum atomic E-state index is 10.5. The van der Waals surface area contributed by atoms with Crippen LogP contribution in [0.1, 0.15) is 115 Å². The summed E-state index contributed by atoms with van der Waals surface area (Å²) in [4.78, 5) is 0. The first kappa shape index (κ1) is 26.1. The molecule has 0 aliphatic carbocycles. The molecule has 1 aromatic carbocycles. The predicted octanol–water partition coefficient (Wildman–Crippen LogP) is 6.54. The van der Waals surface area contributed by atoms with Crippen LogP contribution in [0.3, 0.4) is 0 Å². The Bertz CT molecular complexity index is 465. The second-order valence-electron chi connectivity index (χ2n) is 8.69. The van der Waals surface area contributed by atoms with Crippen LogP contribution in [-0.2, 0) is 0 Å². The van der Waals surface area contributed by atoms with Gasteiger partial charge in [0.2, 0.25) is 0 Å². The van der Waals surface area contributed by atoms with E-state index in [9.17, 15) is 10.2 Å². The number of aliphatic hydroxyl groups is 2. The molecule has 0 heterocycles. The minimum absolute atomic E-state index is 0.0310. The quantitative estimate of drug-likeness (QED) is 0.229. The Morgan fingerprint density at radius 3 is 1.72 bits per heavy atom. The fourth-order valence-corrected chi connectivity index (χ4v) is 4.02. The van der Waals surface area contributed by atoms with Crippen LogP contribution in [0.15, 0.2) is 30.3 Å². The average molecular weight is 406 g/mol. The van der Waals surface area contributed by atoms with Crippen molar-refractivity contribution in [2.45, 2.75) is 122 Å². The van der Waals surface area contributed by atoms with Gasteiger partial charge in [-0.3, -0.25) is 0 Å². The predicted molar refractivity (Wildman–Crippen MR) is 125 cm³/mol. The van der Waals surface area contributed by atoms with Crippen LogP contribution in [0.5, 0.6) is 0 Å². The van der Waals surface area contributed by atoms with Gasteiger partial charge in [0.05, 0.1) is 18.8 Å². The van der Waals surface area contributed by atoms with E-state index < -0.39 is 6.10 Å². The number of nitrogens with one attached hydrogen (secondary N) is 1. The first-order valence-corrected chi connectivity index (χ1v) is 12.3. The van der Waals surface area contributed by atoms with Gasteiger partial charge in [0, 0.05) is 6.04 Å².